The van der Waals surface area contributed by atoms with E-state index in [0.717, 1.165) is 22.4 Å². The molecular weight excluding hydrogens is 322 g/mol. The molecule has 0 spiro atoms. The summed E-state index contributed by atoms with van der Waals surface area (Å²) in [7, 11) is -3.69. The summed E-state index contributed by atoms with van der Waals surface area (Å²) in [6.07, 6.45) is 0. The number of hydrogen-bond acceptors (Lipinski definition) is 4. The highest BCUT2D eigenvalue weighted by Crippen LogP contribution is 2.24. The molecule has 2 aromatic carbocycles. The third-order valence-corrected chi connectivity index (χ3v) is 5.67. The molecule has 0 saturated carbocycles. The van der Waals surface area contributed by atoms with Gasteiger partial charge >= 0.3 is 0 Å². The van der Waals surface area contributed by atoms with Gasteiger partial charge in [-0.3, -0.25) is 0 Å². The number of nitrogens with zero attached hydrogens (tertiary/aromatic N) is 3. The van der Waals surface area contributed by atoms with E-state index in [-0.39, 0.29) is 9.92 Å². The Morgan fingerprint density at radius 1 is 0.833 bits per heavy atom. The predicted molar refractivity (Wildman–Crippen MR) is 92.2 cm³/mol. The van der Waals surface area contributed by atoms with Gasteiger partial charge in [0.2, 0.25) is 14.9 Å². The van der Waals surface area contributed by atoms with Crippen molar-refractivity contribution in [3.05, 3.63) is 64.8 Å². The Kier molecular flexibility index (Phi) is 4.01. The number of hydrogen-bond donors (Lipinski definition) is 0. The molecule has 0 N–H and O–H groups in total. The first kappa shape index (κ1) is 16.4. The second-order valence-electron chi connectivity index (χ2n) is 6.05. The van der Waals surface area contributed by atoms with E-state index >= 15 is 0 Å². The Hall–Kier alpha value is -2.47. The Labute approximate surface area is 141 Å². The van der Waals surface area contributed by atoms with E-state index in [1.807, 2.05) is 32.9 Å². The Morgan fingerprint density at radius 3 is 2.00 bits per heavy atom. The molecule has 0 atom stereocenters. The molecule has 1 aromatic heterocycles. The van der Waals surface area contributed by atoms with E-state index in [1.165, 1.54) is 0 Å². The van der Waals surface area contributed by atoms with Gasteiger partial charge in [0, 0.05) is 0 Å². The van der Waals surface area contributed by atoms with E-state index in [1.54, 1.807) is 35.9 Å². The van der Waals surface area contributed by atoms with Gasteiger partial charge in [-0.1, -0.05) is 29.0 Å². The minimum Gasteiger partial charge on any atom is -0.217 e. The lowest BCUT2D eigenvalue weighted by Crippen LogP contribution is -2.06. The average molecular weight is 341 g/mol. The Balaban J connectivity index is 2.11. The zero-order valence-electron chi connectivity index (χ0n) is 14.1. The van der Waals surface area contributed by atoms with Crippen LogP contribution in [0.15, 0.2) is 52.4 Å². The first-order chi connectivity index (χ1) is 11.3. The lowest BCUT2D eigenvalue weighted by Gasteiger charge is -2.07. The smallest absolute Gasteiger partial charge is 0.217 e. The van der Waals surface area contributed by atoms with Gasteiger partial charge in [0.25, 0.3) is 0 Å². The maximum absolute atomic E-state index is 12.8. The SMILES string of the molecule is Cc1ccc(S(=O)(=O)c2nnn(-c3cc(C)cc(C)c3)c2C)cc1. The fourth-order valence-corrected chi connectivity index (χ4v) is 4.05. The van der Waals surface area contributed by atoms with Crippen molar-refractivity contribution in [3.8, 4) is 5.69 Å². The van der Waals surface area contributed by atoms with Crippen LogP contribution in [-0.4, -0.2) is 23.4 Å². The third kappa shape index (κ3) is 2.85. The molecular formula is C18H19N3O2S. The molecule has 5 nitrogen and oxygen atoms in total. The quantitative estimate of drug-likeness (QED) is 0.733. The lowest BCUT2D eigenvalue weighted by molar-refractivity contribution is 0.591. The molecule has 0 aliphatic rings. The van der Waals surface area contributed by atoms with E-state index in [0.29, 0.717) is 5.69 Å². The maximum Gasteiger partial charge on any atom is 0.227 e. The van der Waals surface area contributed by atoms with Crippen LogP contribution in [-0.2, 0) is 9.84 Å². The molecule has 0 aliphatic heterocycles. The van der Waals surface area contributed by atoms with Crippen LogP contribution < -0.4 is 0 Å². The second-order valence-corrected chi connectivity index (χ2v) is 7.92. The van der Waals surface area contributed by atoms with Gasteiger partial charge in [-0.2, -0.15) is 0 Å². The van der Waals surface area contributed by atoms with Crippen molar-refractivity contribution in [2.24, 2.45) is 0 Å². The second kappa shape index (κ2) is 5.87. The zero-order valence-corrected chi connectivity index (χ0v) is 14.9. The molecule has 24 heavy (non-hydrogen) atoms. The first-order valence-electron chi connectivity index (χ1n) is 7.62. The van der Waals surface area contributed by atoms with Crippen LogP contribution in [0.1, 0.15) is 22.4 Å². The summed E-state index contributed by atoms with van der Waals surface area (Å²) in [5.41, 5.74) is 4.48. The molecule has 6 heteroatoms. The van der Waals surface area contributed by atoms with Crippen LogP contribution in [0.25, 0.3) is 5.69 Å². The fraction of sp³-hybridized carbons (Fsp3) is 0.222. The lowest BCUT2D eigenvalue weighted by atomic mass is 10.1. The highest BCUT2D eigenvalue weighted by Gasteiger charge is 2.25. The predicted octanol–water partition coefficient (Wildman–Crippen LogP) is 3.33. The van der Waals surface area contributed by atoms with Gasteiger partial charge in [0.05, 0.1) is 16.3 Å². The maximum atomic E-state index is 12.8. The standard InChI is InChI=1S/C18H19N3O2S/c1-12-5-7-17(8-6-12)24(22,23)18-15(4)21(20-19-18)16-10-13(2)9-14(3)11-16/h5-11H,1-4H3. The molecule has 3 aromatic rings. The summed E-state index contributed by atoms with van der Waals surface area (Å²) < 4.78 is 27.2. The Morgan fingerprint density at radius 2 is 1.42 bits per heavy atom. The van der Waals surface area contributed by atoms with Crippen molar-refractivity contribution in [2.45, 2.75) is 37.6 Å². The topological polar surface area (TPSA) is 64.8 Å². The van der Waals surface area contributed by atoms with Crippen molar-refractivity contribution >= 4 is 9.84 Å². The number of sulfone groups is 1. The highest BCUT2D eigenvalue weighted by atomic mass is 32.2. The average Bonchev–Trinajstić information content (AvgIpc) is 2.89. The largest absolute Gasteiger partial charge is 0.227 e. The van der Waals surface area contributed by atoms with Crippen LogP contribution in [0.4, 0.5) is 0 Å². The minimum atomic E-state index is -3.69. The van der Waals surface area contributed by atoms with E-state index in [4.69, 9.17) is 0 Å². The van der Waals surface area contributed by atoms with Crippen molar-refractivity contribution in [3.63, 3.8) is 0 Å². The molecule has 0 aliphatic carbocycles. The number of benzene rings is 2. The highest BCUT2D eigenvalue weighted by molar-refractivity contribution is 7.91. The van der Waals surface area contributed by atoms with E-state index in [2.05, 4.69) is 16.4 Å². The molecule has 0 amide bonds. The summed E-state index contributed by atoms with van der Waals surface area (Å²) in [5, 5.41) is 8.00. The number of aryl methyl sites for hydroxylation is 3. The monoisotopic (exact) mass is 341 g/mol. The summed E-state index contributed by atoms with van der Waals surface area (Å²) in [6, 6.07) is 12.7. The van der Waals surface area contributed by atoms with Gasteiger partial charge in [-0.15, -0.1) is 5.10 Å². The van der Waals surface area contributed by atoms with Crippen LogP contribution in [0.3, 0.4) is 0 Å². The molecule has 0 radical (unpaired) electrons. The van der Waals surface area contributed by atoms with Crippen LogP contribution >= 0.6 is 0 Å². The molecule has 0 fully saturated rings. The first-order valence-corrected chi connectivity index (χ1v) is 9.10. The molecule has 0 bridgehead atoms. The van der Waals surface area contributed by atoms with Crippen LogP contribution in [0, 0.1) is 27.7 Å². The van der Waals surface area contributed by atoms with Crippen molar-refractivity contribution in [2.75, 3.05) is 0 Å². The summed E-state index contributed by atoms with van der Waals surface area (Å²) in [4.78, 5) is 0.226. The van der Waals surface area contributed by atoms with E-state index < -0.39 is 9.84 Å². The summed E-state index contributed by atoms with van der Waals surface area (Å²) in [6.45, 7) is 7.62. The van der Waals surface area contributed by atoms with Gasteiger partial charge in [-0.05, 0) is 63.1 Å². The Bertz CT molecular complexity index is 983. The number of rotatable bonds is 3. The van der Waals surface area contributed by atoms with Gasteiger partial charge < -0.3 is 0 Å². The van der Waals surface area contributed by atoms with Crippen molar-refractivity contribution in [1.29, 1.82) is 0 Å². The van der Waals surface area contributed by atoms with Gasteiger partial charge in [-0.25, -0.2) is 13.1 Å². The fourth-order valence-electron chi connectivity index (χ4n) is 2.71. The van der Waals surface area contributed by atoms with Crippen LogP contribution in [0.2, 0.25) is 0 Å². The van der Waals surface area contributed by atoms with Crippen molar-refractivity contribution in [1.82, 2.24) is 15.0 Å². The number of aromatic nitrogens is 3. The molecule has 0 unspecified atom stereocenters. The normalized spacial score (nSPS) is 11.7. The molecule has 124 valence electrons. The molecule has 3 rings (SSSR count). The summed E-state index contributed by atoms with van der Waals surface area (Å²) in [5.74, 6) is 0. The van der Waals surface area contributed by atoms with Crippen molar-refractivity contribution < 1.29 is 8.42 Å². The summed E-state index contributed by atoms with van der Waals surface area (Å²) >= 11 is 0. The van der Waals surface area contributed by atoms with Gasteiger partial charge in [0.1, 0.15) is 0 Å². The zero-order chi connectivity index (χ0) is 17.5. The van der Waals surface area contributed by atoms with E-state index in [9.17, 15) is 8.42 Å². The molecule has 0 saturated heterocycles. The van der Waals surface area contributed by atoms with Gasteiger partial charge in [0.15, 0.2) is 0 Å². The minimum absolute atomic E-state index is 0.00878. The molecule has 1 heterocycles. The van der Waals surface area contributed by atoms with Crippen LogP contribution in [0.5, 0.6) is 0 Å². The third-order valence-electron chi connectivity index (χ3n) is 3.89.